The van der Waals surface area contributed by atoms with E-state index in [2.05, 4.69) is 40.5 Å². The van der Waals surface area contributed by atoms with Gasteiger partial charge < -0.3 is 5.32 Å². The molecule has 2 heterocycles. The van der Waals surface area contributed by atoms with Crippen LogP contribution in [0.15, 0.2) is 48.7 Å². The molecule has 0 atom stereocenters. The average molecular weight is 332 g/mol. The maximum atomic E-state index is 12.5. The number of hydrogen-bond donors (Lipinski definition) is 1. The lowest BCUT2D eigenvalue weighted by atomic mass is 10.1. The number of anilines is 1. The summed E-state index contributed by atoms with van der Waals surface area (Å²) >= 11 is 0. The van der Waals surface area contributed by atoms with E-state index in [-0.39, 0.29) is 5.91 Å². The highest BCUT2D eigenvalue weighted by atomic mass is 16.2. The molecule has 1 aromatic carbocycles. The van der Waals surface area contributed by atoms with Crippen LogP contribution < -0.4 is 5.32 Å². The number of pyridine rings is 1. The van der Waals surface area contributed by atoms with Gasteiger partial charge in [0.15, 0.2) is 0 Å². The summed E-state index contributed by atoms with van der Waals surface area (Å²) in [6, 6.07) is 13.9. The molecule has 0 saturated heterocycles. The third-order valence-electron chi connectivity index (χ3n) is 4.48. The molecule has 1 N–H and O–H groups in total. The van der Waals surface area contributed by atoms with Gasteiger partial charge in [0.25, 0.3) is 5.91 Å². The first kappa shape index (κ1) is 15.6. The molecule has 5 nitrogen and oxygen atoms in total. The number of aromatic nitrogens is 3. The van der Waals surface area contributed by atoms with Crippen molar-refractivity contribution in [3.8, 4) is 11.1 Å². The summed E-state index contributed by atoms with van der Waals surface area (Å²) in [6.45, 7) is 2.06. The Hall–Kier alpha value is -2.95. The fourth-order valence-electron chi connectivity index (χ4n) is 2.92. The first-order valence-corrected chi connectivity index (χ1v) is 8.48. The molecule has 1 aliphatic carbocycles. The molecular formula is C20H20N4O. The first-order valence-electron chi connectivity index (χ1n) is 8.48. The highest BCUT2D eigenvalue weighted by Crippen LogP contribution is 2.39. The van der Waals surface area contributed by atoms with Crippen molar-refractivity contribution >= 4 is 11.7 Å². The number of amides is 1. The van der Waals surface area contributed by atoms with E-state index in [4.69, 9.17) is 0 Å². The minimum Gasteiger partial charge on any atom is -0.305 e. The van der Waals surface area contributed by atoms with Gasteiger partial charge >= 0.3 is 0 Å². The normalized spacial score (nSPS) is 13.7. The summed E-state index contributed by atoms with van der Waals surface area (Å²) in [7, 11) is 1.80. The molecule has 0 aliphatic heterocycles. The first-order chi connectivity index (χ1) is 12.1. The molecule has 1 fully saturated rings. The quantitative estimate of drug-likeness (QED) is 0.788. The number of nitrogens with zero attached hydrogens (tertiary/aromatic N) is 3. The minimum absolute atomic E-state index is 0.183. The molecule has 3 aromatic rings. The van der Waals surface area contributed by atoms with Crippen molar-refractivity contribution in [2.45, 2.75) is 25.7 Å². The fraction of sp³-hybridized carbons (Fsp3) is 0.250. The number of benzene rings is 1. The van der Waals surface area contributed by atoms with Crippen LogP contribution in [-0.2, 0) is 7.05 Å². The van der Waals surface area contributed by atoms with Gasteiger partial charge in [-0.15, -0.1) is 0 Å². The van der Waals surface area contributed by atoms with Gasteiger partial charge in [0.2, 0.25) is 0 Å². The van der Waals surface area contributed by atoms with Crippen LogP contribution in [-0.4, -0.2) is 20.7 Å². The Morgan fingerprint density at radius 1 is 1.16 bits per heavy atom. The highest BCUT2D eigenvalue weighted by Gasteiger charge is 2.28. The molecule has 1 saturated carbocycles. The van der Waals surface area contributed by atoms with E-state index in [1.54, 1.807) is 17.9 Å². The molecular weight excluding hydrogens is 312 g/mol. The van der Waals surface area contributed by atoms with Crippen LogP contribution in [0, 0.1) is 6.92 Å². The fourth-order valence-corrected chi connectivity index (χ4v) is 2.92. The SMILES string of the molecule is Cc1cccc(-c2ccc(NC(=O)c3cc(C4CC4)nn3C)nc2)c1. The van der Waals surface area contributed by atoms with Crippen molar-refractivity contribution in [2.24, 2.45) is 7.05 Å². The van der Waals surface area contributed by atoms with E-state index in [0.29, 0.717) is 17.4 Å². The zero-order valence-corrected chi connectivity index (χ0v) is 14.4. The molecule has 1 aliphatic rings. The van der Waals surface area contributed by atoms with E-state index >= 15 is 0 Å². The van der Waals surface area contributed by atoms with Crippen molar-refractivity contribution < 1.29 is 4.79 Å². The number of aryl methyl sites for hydroxylation is 2. The predicted octanol–water partition coefficient (Wildman–Crippen LogP) is 3.92. The second kappa shape index (κ2) is 6.16. The highest BCUT2D eigenvalue weighted by molar-refractivity contribution is 6.02. The largest absolute Gasteiger partial charge is 0.305 e. The number of hydrogen-bond acceptors (Lipinski definition) is 3. The maximum absolute atomic E-state index is 12.5. The van der Waals surface area contributed by atoms with Gasteiger partial charge in [-0.05, 0) is 43.5 Å². The van der Waals surface area contributed by atoms with Crippen molar-refractivity contribution in [1.29, 1.82) is 0 Å². The molecule has 0 spiro atoms. The van der Waals surface area contributed by atoms with Crippen LogP contribution in [0.1, 0.15) is 40.5 Å². The topological polar surface area (TPSA) is 59.8 Å². The van der Waals surface area contributed by atoms with Gasteiger partial charge in [0.1, 0.15) is 11.5 Å². The molecule has 0 radical (unpaired) electrons. The smallest absolute Gasteiger partial charge is 0.275 e. The zero-order chi connectivity index (χ0) is 17.4. The van der Waals surface area contributed by atoms with Gasteiger partial charge in [-0.2, -0.15) is 5.10 Å². The number of carbonyl (C=O) groups excluding carboxylic acids is 1. The van der Waals surface area contributed by atoms with Gasteiger partial charge in [0.05, 0.1) is 5.69 Å². The number of carbonyl (C=O) groups is 1. The van der Waals surface area contributed by atoms with Gasteiger partial charge in [0, 0.05) is 24.7 Å². The summed E-state index contributed by atoms with van der Waals surface area (Å²) in [5, 5.41) is 7.28. The summed E-state index contributed by atoms with van der Waals surface area (Å²) < 4.78 is 1.64. The van der Waals surface area contributed by atoms with Crippen LogP contribution in [0.5, 0.6) is 0 Å². The number of rotatable bonds is 4. The van der Waals surface area contributed by atoms with Crippen LogP contribution >= 0.6 is 0 Å². The second-order valence-electron chi connectivity index (χ2n) is 6.61. The summed E-state index contributed by atoms with van der Waals surface area (Å²) in [5.41, 5.74) is 4.92. The molecule has 0 bridgehead atoms. The predicted molar refractivity (Wildman–Crippen MR) is 97.5 cm³/mol. The Bertz CT molecular complexity index is 923. The Morgan fingerprint density at radius 2 is 2.00 bits per heavy atom. The Labute approximate surface area is 146 Å². The Kier molecular flexibility index (Phi) is 3.84. The molecule has 1 amide bonds. The van der Waals surface area contributed by atoms with Crippen LogP contribution in [0.4, 0.5) is 5.82 Å². The van der Waals surface area contributed by atoms with Crippen molar-refractivity contribution in [1.82, 2.24) is 14.8 Å². The monoisotopic (exact) mass is 332 g/mol. The maximum Gasteiger partial charge on any atom is 0.275 e. The van der Waals surface area contributed by atoms with Crippen LogP contribution in [0.2, 0.25) is 0 Å². The van der Waals surface area contributed by atoms with Crippen molar-refractivity contribution in [2.75, 3.05) is 5.32 Å². The molecule has 126 valence electrons. The lowest BCUT2D eigenvalue weighted by Crippen LogP contribution is -2.16. The standard InChI is InChI=1S/C20H20N4O/c1-13-4-3-5-15(10-13)16-8-9-19(21-12-16)22-20(25)18-11-17(14-6-7-14)23-24(18)2/h3-5,8-12,14H,6-7H2,1-2H3,(H,21,22,25). The lowest BCUT2D eigenvalue weighted by Gasteiger charge is -2.06. The number of nitrogens with one attached hydrogen (secondary N) is 1. The third-order valence-corrected chi connectivity index (χ3v) is 4.48. The molecule has 4 rings (SSSR count). The Morgan fingerprint density at radius 3 is 2.68 bits per heavy atom. The molecule has 25 heavy (non-hydrogen) atoms. The lowest BCUT2D eigenvalue weighted by molar-refractivity contribution is 0.101. The van der Waals surface area contributed by atoms with E-state index in [1.807, 2.05) is 24.3 Å². The van der Waals surface area contributed by atoms with Crippen molar-refractivity contribution in [3.05, 3.63) is 65.6 Å². The van der Waals surface area contributed by atoms with E-state index < -0.39 is 0 Å². The van der Waals surface area contributed by atoms with Crippen molar-refractivity contribution in [3.63, 3.8) is 0 Å². The van der Waals surface area contributed by atoms with E-state index in [9.17, 15) is 4.79 Å². The van der Waals surface area contributed by atoms with Gasteiger partial charge in [-0.3, -0.25) is 9.48 Å². The summed E-state index contributed by atoms with van der Waals surface area (Å²) in [6.07, 6.45) is 4.11. The average Bonchev–Trinajstić information content (AvgIpc) is 3.38. The second-order valence-corrected chi connectivity index (χ2v) is 6.61. The zero-order valence-electron chi connectivity index (χ0n) is 14.4. The van der Waals surface area contributed by atoms with E-state index in [0.717, 1.165) is 16.8 Å². The van der Waals surface area contributed by atoms with E-state index in [1.165, 1.54) is 18.4 Å². The Balaban J connectivity index is 1.50. The minimum atomic E-state index is -0.183. The van der Waals surface area contributed by atoms with Crippen LogP contribution in [0.25, 0.3) is 11.1 Å². The van der Waals surface area contributed by atoms with Crippen LogP contribution in [0.3, 0.4) is 0 Å². The molecule has 5 heteroatoms. The molecule has 0 unspecified atom stereocenters. The molecule has 2 aromatic heterocycles. The van der Waals surface area contributed by atoms with Gasteiger partial charge in [-0.1, -0.05) is 29.8 Å². The summed E-state index contributed by atoms with van der Waals surface area (Å²) in [4.78, 5) is 16.9. The third kappa shape index (κ3) is 3.31. The van der Waals surface area contributed by atoms with Gasteiger partial charge in [-0.25, -0.2) is 4.98 Å². The summed E-state index contributed by atoms with van der Waals surface area (Å²) in [5.74, 6) is 0.882.